The average molecular weight is 251 g/mol. The lowest BCUT2D eigenvalue weighted by molar-refractivity contribution is 1.10. The molecule has 1 heterocycles. The third kappa shape index (κ3) is 2.17. The molecule has 1 aromatic carbocycles. The van der Waals surface area contributed by atoms with Crippen molar-refractivity contribution < 1.29 is 0 Å². The minimum atomic E-state index is -0.315. The van der Waals surface area contributed by atoms with Gasteiger partial charge in [0.05, 0.1) is 5.52 Å². The molecule has 0 aliphatic rings. The van der Waals surface area contributed by atoms with E-state index in [1.54, 1.807) is 37.2 Å². The Morgan fingerprint density at radius 3 is 2.53 bits per heavy atom. The Bertz CT molecular complexity index is 692. The second kappa shape index (κ2) is 4.22. The highest BCUT2D eigenvalue weighted by Crippen LogP contribution is 2.14. The number of anilines is 1. The molecule has 0 radical (unpaired) electrons. The van der Waals surface area contributed by atoms with Gasteiger partial charge in [0.1, 0.15) is 5.69 Å². The van der Waals surface area contributed by atoms with Gasteiger partial charge in [-0.15, -0.1) is 0 Å². The number of H-pyrrole nitrogens is 1. The number of halogens is 1. The van der Waals surface area contributed by atoms with Crippen LogP contribution in [0.1, 0.15) is 0 Å². The van der Waals surface area contributed by atoms with Gasteiger partial charge in [-0.2, -0.15) is 0 Å². The molecule has 0 unspecified atom stereocenters. The van der Waals surface area contributed by atoms with Gasteiger partial charge in [-0.05, 0) is 18.2 Å². The van der Waals surface area contributed by atoms with Crippen LogP contribution in [-0.2, 0) is 0 Å². The molecule has 1 N–H and O–H groups in total. The Morgan fingerprint density at radius 1 is 1.18 bits per heavy atom. The van der Waals surface area contributed by atoms with Crippen molar-refractivity contribution in [3.8, 4) is 0 Å². The lowest BCUT2D eigenvalue weighted by Gasteiger charge is -2.07. The van der Waals surface area contributed by atoms with Crippen molar-refractivity contribution in [2.24, 2.45) is 0 Å². The predicted molar refractivity (Wildman–Crippen MR) is 70.2 cm³/mol. The molecule has 0 amide bonds. The molecule has 17 heavy (non-hydrogen) atoms. The number of nitrogens with one attached hydrogen (secondary N) is 1. The monoisotopic (exact) mass is 250 g/mol. The number of nitrogens with zero attached hydrogens (tertiary/aromatic N) is 1. The lowest BCUT2D eigenvalue weighted by atomic mass is 10.2. The Labute approximate surface area is 102 Å². The van der Waals surface area contributed by atoms with E-state index in [0.29, 0.717) is 21.6 Å². The molecule has 0 saturated heterocycles. The van der Waals surface area contributed by atoms with E-state index in [2.05, 4.69) is 4.98 Å². The highest BCUT2D eigenvalue weighted by Gasteiger charge is 2.05. The molecule has 4 nitrogen and oxygen atoms in total. The quantitative estimate of drug-likeness (QED) is 0.837. The van der Waals surface area contributed by atoms with E-state index in [9.17, 15) is 9.59 Å². The first kappa shape index (κ1) is 11.7. The highest BCUT2D eigenvalue weighted by atomic mass is 35.5. The Hall–Kier alpha value is -1.81. The van der Waals surface area contributed by atoms with E-state index in [0.717, 1.165) is 0 Å². The van der Waals surface area contributed by atoms with Crippen molar-refractivity contribution >= 4 is 28.2 Å². The number of aromatic amines is 1. The second-order valence-electron chi connectivity index (χ2n) is 3.93. The van der Waals surface area contributed by atoms with Crippen LogP contribution in [0.5, 0.6) is 0 Å². The standard InChI is InChI=1S/C12H11ClN2O2/c1-15(2)10-6-11(16)8-4-3-7(13)5-9(8)14-12(10)17/h3-6H,1-2H3,(H,14,17). The normalized spacial score (nSPS) is 10.5. The Morgan fingerprint density at radius 2 is 1.88 bits per heavy atom. The van der Waals surface area contributed by atoms with E-state index in [4.69, 9.17) is 11.6 Å². The maximum atomic E-state index is 11.9. The number of aromatic nitrogens is 1. The molecular formula is C12H11ClN2O2. The van der Waals surface area contributed by atoms with Gasteiger partial charge in [-0.1, -0.05) is 11.6 Å². The molecule has 0 aliphatic carbocycles. The zero-order chi connectivity index (χ0) is 12.6. The van der Waals surface area contributed by atoms with Gasteiger partial charge in [0, 0.05) is 30.6 Å². The molecule has 88 valence electrons. The molecule has 0 atom stereocenters. The maximum Gasteiger partial charge on any atom is 0.272 e. The van der Waals surface area contributed by atoms with Crippen LogP contribution in [-0.4, -0.2) is 19.1 Å². The van der Waals surface area contributed by atoms with Gasteiger partial charge in [0.25, 0.3) is 5.56 Å². The smallest absolute Gasteiger partial charge is 0.272 e. The van der Waals surface area contributed by atoms with Gasteiger partial charge in [-0.25, -0.2) is 0 Å². The topological polar surface area (TPSA) is 53.2 Å². The summed E-state index contributed by atoms with van der Waals surface area (Å²) in [6, 6.07) is 6.13. The predicted octanol–water partition coefficient (Wildman–Crippen LogP) is 1.61. The summed E-state index contributed by atoms with van der Waals surface area (Å²) < 4.78 is 0. The van der Waals surface area contributed by atoms with Crippen LogP contribution in [0.4, 0.5) is 5.69 Å². The molecule has 0 saturated carbocycles. The SMILES string of the molecule is CN(C)c1cc(=O)c2ccc(Cl)cc2[nH]c1=O. The lowest BCUT2D eigenvalue weighted by Crippen LogP contribution is -2.19. The van der Waals surface area contributed by atoms with Crippen LogP contribution >= 0.6 is 11.6 Å². The summed E-state index contributed by atoms with van der Waals surface area (Å²) in [6.45, 7) is 0. The van der Waals surface area contributed by atoms with Gasteiger partial charge in [-0.3, -0.25) is 9.59 Å². The van der Waals surface area contributed by atoms with E-state index in [1.165, 1.54) is 6.07 Å². The van der Waals surface area contributed by atoms with E-state index >= 15 is 0 Å². The van der Waals surface area contributed by atoms with Gasteiger partial charge in [0.2, 0.25) is 0 Å². The Kier molecular flexibility index (Phi) is 2.90. The van der Waals surface area contributed by atoms with Gasteiger partial charge in [0.15, 0.2) is 5.43 Å². The van der Waals surface area contributed by atoms with Crippen LogP contribution in [0.3, 0.4) is 0 Å². The fourth-order valence-electron chi connectivity index (χ4n) is 1.62. The minimum Gasteiger partial charge on any atom is -0.373 e. The van der Waals surface area contributed by atoms with Crippen molar-refractivity contribution in [1.29, 1.82) is 0 Å². The van der Waals surface area contributed by atoms with E-state index < -0.39 is 0 Å². The Balaban J connectivity index is 2.98. The summed E-state index contributed by atoms with van der Waals surface area (Å²) in [5.74, 6) is 0. The first-order valence-corrected chi connectivity index (χ1v) is 5.41. The fourth-order valence-corrected chi connectivity index (χ4v) is 1.79. The van der Waals surface area contributed by atoms with Crippen molar-refractivity contribution in [3.05, 3.63) is 49.9 Å². The zero-order valence-electron chi connectivity index (χ0n) is 9.45. The van der Waals surface area contributed by atoms with Crippen LogP contribution in [0.2, 0.25) is 5.02 Å². The summed E-state index contributed by atoms with van der Waals surface area (Å²) in [6.07, 6.45) is 0. The van der Waals surface area contributed by atoms with E-state index in [1.807, 2.05) is 0 Å². The van der Waals surface area contributed by atoms with Crippen molar-refractivity contribution in [2.75, 3.05) is 19.0 Å². The second-order valence-corrected chi connectivity index (χ2v) is 4.37. The van der Waals surface area contributed by atoms with Crippen molar-refractivity contribution in [3.63, 3.8) is 0 Å². The first-order valence-electron chi connectivity index (χ1n) is 5.03. The van der Waals surface area contributed by atoms with Crippen LogP contribution in [0, 0.1) is 0 Å². The molecule has 5 heteroatoms. The van der Waals surface area contributed by atoms with Gasteiger partial charge < -0.3 is 9.88 Å². The summed E-state index contributed by atoms with van der Waals surface area (Å²) in [7, 11) is 3.42. The molecule has 1 aromatic heterocycles. The molecule has 2 aromatic rings. The summed E-state index contributed by atoms with van der Waals surface area (Å²) in [5, 5.41) is 0.921. The number of hydrogen-bond acceptors (Lipinski definition) is 3. The number of benzene rings is 1. The van der Waals surface area contributed by atoms with E-state index in [-0.39, 0.29) is 11.0 Å². The maximum absolute atomic E-state index is 11.9. The minimum absolute atomic E-state index is 0.210. The summed E-state index contributed by atoms with van der Waals surface area (Å²) in [5.41, 5.74) is 0.242. The number of hydrogen-bond donors (Lipinski definition) is 1. The van der Waals surface area contributed by atoms with Gasteiger partial charge >= 0.3 is 0 Å². The van der Waals surface area contributed by atoms with Crippen molar-refractivity contribution in [2.45, 2.75) is 0 Å². The van der Waals surface area contributed by atoms with Crippen LogP contribution in [0.15, 0.2) is 33.9 Å². The molecule has 0 aliphatic heterocycles. The average Bonchev–Trinajstić information content (AvgIpc) is 2.35. The fraction of sp³-hybridized carbons (Fsp3) is 0.167. The van der Waals surface area contributed by atoms with Crippen LogP contribution in [0.25, 0.3) is 10.9 Å². The number of fused-ring (bicyclic) bond motifs is 1. The molecular weight excluding hydrogens is 240 g/mol. The third-order valence-electron chi connectivity index (χ3n) is 2.48. The largest absolute Gasteiger partial charge is 0.373 e. The van der Waals surface area contributed by atoms with Crippen LogP contribution < -0.4 is 15.9 Å². The third-order valence-corrected chi connectivity index (χ3v) is 2.71. The molecule has 0 fully saturated rings. The summed E-state index contributed by atoms with van der Waals surface area (Å²) >= 11 is 5.83. The summed E-state index contributed by atoms with van der Waals surface area (Å²) in [4.78, 5) is 28.1. The zero-order valence-corrected chi connectivity index (χ0v) is 10.2. The van der Waals surface area contributed by atoms with Crippen molar-refractivity contribution in [1.82, 2.24) is 4.98 Å². The number of rotatable bonds is 1. The highest BCUT2D eigenvalue weighted by molar-refractivity contribution is 6.31. The first-order chi connectivity index (χ1) is 7.99. The molecule has 0 bridgehead atoms. The molecule has 0 spiro atoms. The molecule has 2 rings (SSSR count).